The second-order valence-electron chi connectivity index (χ2n) is 6.76. The van der Waals surface area contributed by atoms with Crippen LogP contribution >= 0.6 is 0 Å². The van der Waals surface area contributed by atoms with Crippen molar-refractivity contribution in [1.82, 2.24) is 0 Å². The van der Waals surface area contributed by atoms with Gasteiger partial charge in [0.25, 0.3) is 6.47 Å². The highest BCUT2D eigenvalue weighted by Gasteiger charge is 2.13. The Balaban J connectivity index is 0.000000330. The second-order valence-corrected chi connectivity index (χ2v) is 6.76. The molecule has 0 radical (unpaired) electrons. The Morgan fingerprint density at radius 2 is 1.36 bits per heavy atom. The fraction of sp³-hybridized carbons (Fsp3) is 0.650. The third-order valence-electron chi connectivity index (χ3n) is 4.14. The summed E-state index contributed by atoms with van der Waals surface area (Å²) in [6, 6.07) is 8.71. The van der Waals surface area contributed by atoms with Crippen molar-refractivity contribution in [2.24, 2.45) is 11.8 Å². The zero-order chi connectivity index (χ0) is 17.0. The molecule has 2 heteroatoms. The summed E-state index contributed by atoms with van der Waals surface area (Å²) in [7, 11) is 1.31. The molecule has 0 spiro atoms. The Labute approximate surface area is 137 Å². The molecular formula is C20H34O2. The van der Waals surface area contributed by atoms with Crippen LogP contribution < -0.4 is 0 Å². The molecule has 126 valence electrons. The van der Waals surface area contributed by atoms with Crippen LogP contribution in [0.4, 0.5) is 0 Å². The van der Waals surface area contributed by atoms with Gasteiger partial charge >= 0.3 is 0 Å². The number of hydrogen-bond acceptors (Lipinski definition) is 2. The molecule has 1 aliphatic rings. The van der Waals surface area contributed by atoms with Crippen molar-refractivity contribution in [3.63, 3.8) is 0 Å². The van der Waals surface area contributed by atoms with Gasteiger partial charge in [-0.05, 0) is 30.2 Å². The predicted molar refractivity (Wildman–Crippen MR) is 95.1 cm³/mol. The lowest BCUT2D eigenvalue weighted by Crippen LogP contribution is -2.08. The third kappa shape index (κ3) is 10.4. The number of benzene rings is 1. The van der Waals surface area contributed by atoms with E-state index >= 15 is 0 Å². The Hall–Kier alpha value is -1.31. The van der Waals surface area contributed by atoms with Crippen molar-refractivity contribution in [3.05, 3.63) is 35.4 Å². The van der Waals surface area contributed by atoms with E-state index in [0.29, 0.717) is 12.4 Å². The smallest absolute Gasteiger partial charge is 0.292 e. The van der Waals surface area contributed by atoms with Gasteiger partial charge in [0.05, 0.1) is 7.11 Å². The standard InChI is InChI=1S/C10H14.C8H16.C2H4O2/c1-8(2)10-6-4-9(3)5-7-10;1-7-3-5-8(2)6-4-7;1-4-2-3/h4-8H,1-3H3;7-8H,3-6H2,1-2H3;2H,1H3. The van der Waals surface area contributed by atoms with Gasteiger partial charge in [-0.2, -0.15) is 0 Å². The SMILES string of the molecule is CC1CCC(C)CC1.COC=O.Cc1ccc(C(C)C)cc1. The maximum atomic E-state index is 8.95. The lowest BCUT2D eigenvalue weighted by Gasteiger charge is -2.22. The number of rotatable bonds is 2. The van der Waals surface area contributed by atoms with Gasteiger partial charge in [0, 0.05) is 0 Å². The lowest BCUT2D eigenvalue weighted by molar-refractivity contribution is -0.126. The second kappa shape index (κ2) is 12.3. The number of hydrogen-bond donors (Lipinski definition) is 0. The highest BCUT2D eigenvalue weighted by atomic mass is 16.5. The van der Waals surface area contributed by atoms with E-state index < -0.39 is 0 Å². The van der Waals surface area contributed by atoms with Crippen LogP contribution in [0.1, 0.15) is 70.4 Å². The average molecular weight is 306 g/mol. The first-order valence-corrected chi connectivity index (χ1v) is 8.43. The molecule has 0 N–H and O–H groups in total. The van der Waals surface area contributed by atoms with Gasteiger partial charge in [-0.25, -0.2) is 0 Å². The molecule has 22 heavy (non-hydrogen) atoms. The molecule has 0 amide bonds. The van der Waals surface area contributed by atoms with Crippen LogP contribution in [0.25, 0.3) is 0 Å². The van der Waals surface area contributed by atoms with Crippen LogP contribution in [0.5, 0.6) is 0 Å². The largest absolute Gasteiger partial charge is 0.471 e. The number of ether oxygens (including phenoxy) is 1. The van der Waals surface area contributed by atoms with Crippen LogP contribution in [0.3, 0.4) is 0 Å². The predicted octanol–water partition coefficient (Wildman–Crippen LogP) is 5.74. The molecule has 0 aromatic heterocycles. The van der Waals surface area contributed by atoms with Crippen molar-refractivity contribution >= 4 is 6.47 Å². The molecular weight excluding hydrogens is 272 g/mol. The van der Waals surface area contributed by atoms with Crippen molar-refractivity contribution in [3.8, 4) is 0 Å². The summed E-state index contributed by atoms with van der Waals surface area (Å²) in [4.78, 5) is 8.95. The topological polar surface area (TPSA) is 26.3 Å². The summed E-state index contributed by atoms with van der Waals surface area (Å²) in [6.07, 6.45) is 5.89. The van der Waals surface area contributed by atoms with Crippen molar-refractivity contribution in [2.75, 3.05) is 7.11 Å². The maximum absolute atomic E-state index is 8.95. The summed E-state index contributed by atoms with van der Waals surface area (Å²) in [5, 5.41) is 0. The van der Waals surface area contributed by atoms with Crippen molar-refractivity contribution < 1.29 is 9.53 Å². The van der Waals surface area contributed by atoms with Gasteiger partial charge in [0.15, 0.2) is 0 Å². The quantitative estimate of drug-likeness (QED) is 0.651. The molecule has 0 aliphatic heterocycles. The molecule has 2 rings (SSSR count). The molecule has 0 unspecified atom stereocenters. The minimum absolute atomic E-state index is 0.375. The monoisotopic (exact) mass is 306 g/mol. The lowest BCUT2D eigenvalue weighted by atomic mass is 9.84. The van der Waals surface area contributed by atoms with Gasteiger partial charge in [-0.3, -0.25) is 4.79 Å². The summed E-state index contributed by atoms with van der Waals surface area (Å²) < 4.78 is 3.86. The highest BCUT2D eigenvalue weighted by Crippen LogP contribution is 2.27. The fourth-order valence-electron chi connectivity index (χ4n) is 2.38. The third-order valence-corrected chi connectivity index (χ3v) is 4.14. The molecule has 1 aliphatic carbocycles. The van der Waals surface area contributed by atoms with Gasteiger partial charge in [0.2, 0.25) is 0 Å². The van der Waals surface area contributed by atoms with Crippen LogP contribution in [-0.2, 0) is 9.53 Å². The molecule has 0 bridgehead atoms. The minimum atomic E-state index is 0.375. The molecule has 2 nitrogen and oxygen atoms in total. The summed E-state index contributed by atoms with van der Waals surface area (Å²) in [6.45, 7) is 11.6. The van der Waals surface area contributed by atoms with E-state index in [4.69, 9.17) is 4.79 Å². The number of aryl methyl sites for hydroxylation is 1. The zero-order valence-electron chi connectivity index (χ0n) is 15.3. The number of carbonyl (C=O) groups excluding carboxylic acids is 1. The molecule has 0 heterocycles. The average Bonchev–Trinajstić information content (AvgIpc) is 2.51. The normalized spacial score (nSPS) is 20.1. The van der Waals surface area contributed by atoms with E-state index in [2.05, 4.69) is 63.6 Å². The van der Waals surface area contributed by atoms with Crippen LogP contribution in [0.15, 0.2) is 24.3 Å². The number of carbonyl (C=O) groups is 1. The van der Waals surface area contributed by atoms with E-state index in [1.807, 2.05) is 0 Å². The van der Waals surface area contributed by atoms with E-state index in [1.54, 1.807) is 0 Å². The maximum Gasteiger partial charge on any atom is 0.292 e. The van der Waals surface area contributed by atoms with Crippen molar-refractivity contribution in [2.45, 2.75) is 66.2 Å². The van der Waals surface area contributed by atoms with Crippen molar-refractivity contribution in [1.29, 1.82) is 0 Å². The first kappa shape index (κ1) is 20.7. The Kier molecular flexibility index (Phi) is 11.5. The number of methoxy groups -OCH3 is 1. The van der Waals surface area contributed by atoms with E-state index in [-0.39, 0.29) is 0 Å². The highest BCUT2D eigenvalue weighted by molar-refractivity contribution is 5.36. The molecule has 0 atom stereocenters. The molecule has 0 saturated heterocycles. The summed E-state index contributed by atoms with van der Waals surface area (Å²) in [5.74, 6) is 2.69. The minimum Gasteiger partial charge on any atom is -0.471 e. The van der Waals surface area contributed by atoms with Crippen LogP contribution in [0.2, 0.25) is 0 Å². The van der Waals surface area contributed by atoms with E-state index in [1.165, 1.54) is 43.9 Å². The Bertz CT molecular complexity index is 363. The van der Waals surface area contributed by atoms with E-state index in [9.17, 15) is 0 Å². The van der Waals surface area contributed by atoms with Gasteiger partial charge < -0.3 is 4.74 Å². The first-order chi connectivity index (χ1) is 10.4. The molecule has 1 fully saturated rings. The Morgan fingerprint density at radius 3 is 1.64 bits per heavy atom. The van der Waals surface area contributed by atoms with Crippen LogP contribution in [-0.4, -0.2) is 13.6 Å². The first-order valence-electron chi connectivity index (χ1n) is 8.43. The zero-order valence-corrected chi connectivity index (χ0v) is 15.3. The van der Waals surface area contributed by atoms with Crippen LogP contribution in [0, 0.1) is 18.8 Å². The summed E-state index contributed by atoms with van der Waals surface area (Å²) >= 11 is 0. The molecule has 1 saturated carbocycles. The fourth-order valence-corrected chi connectivity index (χ4v) is 2.38. The summed E-state index contributed by atoms with van der Waals surface area (Å²) in [5.41, 5.74) is 2.76. The van der Waals surface area contributed by atoms with Gasteiger partial charge in [-0.15, -0.1) is 0 Å². The molecule has 1 aromatic carbocycles. The van der Waals surface area contributed by atoms with E-state index in [0.717, 1.165) is 11.8 Å². The Morgan fingerprint density at radius 1 is 1.00 bits per heavy atom. The van der Waals surface area contributed by atoms with Gasteiger partial charge in [0.1, 0.15) is 0 Å². The molecule has 1 aromatic rings. The van der Waals surface area contributed by atoms with Gasteiger partial charge in [-0.1, -0.05) is 83.2 Å².